The minimum atomic E-state index is -0.790. The minimum Gasteiger partial charge on any atom is -0.355 e. The van der Waals surface area contributed by atoms with E-state index in [-0.39, 0.29) is 11.8 Å². The van der Waals surface area contributed by atoms with E-state index in [1.54, 1.807) is 24.3 Å². The molecule has 114 valence electrons. The standard InChI is InChI=1S/C16H23N3O2/c1-3-9-18-14(20)16(7-8-16)15(21)19(2)12-6-13-4-10-17-11-5-13/h4-5,10-11H,3,6-9,12H2,1-2H3,(H,18,20). The summed E-state index contributed by atoms with van der Waals surface area (Å²) in [4.78, 5) is 30.3. The second kappa shape index (κ2) is 6.70. The fourth-order valence-electron chi connectivity index (χ4n) is 2.38. The molecule has 1 N–H and O–H groups in total. The highest BCUT2D eigenvalue weighted by molar-refractivity contribution is 6.07. The van der Waals surface area contributed by atoms with Crippen molar-refractivity contribution >= 4 is 11.8 Å². The van der Waals surface area contributed by atoms with Crippen LogP contribution in [-0.4, -0.2) is 41.8 Å². The van der Waals surface area contributed by atoms with Crippen LogP contribution in [0.3, 0.4) is 0 Å². The van der Waals surface area contributed by atoms with Gasteiger partial charge in [-0.3, -0.25) is 14.6 Å². The van der Waals surface area contributed by atoms with Crippen LogP contribution in [0.4, 0.5) is 0 Å². The maximum absolute atomic E-state index is 12.5. The molecule has 5 heteroatoms. The van der Waals surface area contributed by atoms with Gasteiger partial charge < -0.3 is 10.2 Å². The number of nitrogens with zero attached hydrogens (tertiary/aromatic N) is 2. The molecule has 2 rings (SSSR count). The fourth-order valence-corrected chi connectivity index (χ4v) is 2.38. The van der Waals surface area contributed by atoms with Crippen LogP contribution in [0, 0.1) is 5.41 Å². The van der Waals surface area contributed by atoms with Gasteiger partial charge in [-0.25, -0.2) is 0 Å². The molecule has 0 unspecified atom stereocenters. The third-order valence-electron chi connectivity index (χ3n) is 3.96. The van der Waals surface area contributed by atoms with Gasteiger partial charge in [-0.2, -0.15) is 0 Å². The van der Waals surface area contributed by atoms with Crippen LogP contribution < -0.4 is 5.32 Å². The molecule has 1 aromatic rings. The number of carbonyl (C=O) groups is 2. The van der Waals surface area contributed by atoms with E-state index in [1.165, 1.54) is 0 Å². The van der Waals surface area contributed by atoms with Crippen LogP contribution in [0.5, 0.6) is 0 Å². The first kappa shape index (κ1) is 15.5. The number of nitrogens with one attached hydrogen (secondary N) is 1. The molecular formula is C16H23N3O2. The molecule has 1 fully saturated rings. The van der Waals surface area contributed by atoms with Gasteiger partial charge in [0.15, 0.2) is 0 Å². The summed E-state index contributed by atoms with van der Waals surface area (Å²) in [6.07, 6.45) is 6.49. The number of rotatable bonds is 7. The van der Waals surface area contributed by atoms with Crippen molar-refractivity contribution in [1.82, 2.24) is 15.2 Å². The molecule has 0 saturated heterocycles. The summed E-state index contributed by atoms with van der Waals surface area (Å²) in [7, 11) is 1.77. The minimum absolute atomic E-state index is 0.0508. The van der Waals surface area contributed by atoms with E-state index >= 15 is 0 Å². The Balaban J connectivity index is 1.88. The highest BCUT2D eigenvalue weighted by atomic mass is 16.2. The summed E-state index contributed by atoms with van der Waals surface area (Å²) in [5.41, 5.74) is 0.354. The predicted octanol–water partition coefficient (Wildman–Crippen LogP) is 1.39. The van der Waals surface area contributed by atoms with Crippen molar-refractivity contribution in [2.75, 3.05) is 20.1 Å². The lowest BCUT2D eigenvalue weighted by Crippen LogP contribution is -2.44. The van der Waals surface area contributed by atoms with Crippen molar-refractivity contribution < 1.29 is 9.59 Å². The largest absolute Gasteiger partial charge is 0.355 e. The Morgan fingerprint density at radius 1 is 1.33 bits per heavy atom. The molecule has 0 aliphatic heterocycles. The van der Waals surface area contributed by atoms with E-state index in [1.807, 2.05) is 19.1 Å². The van der Waals surface area contributed by atoms with Gasteiger partial charge in [0.05, 0.1) is 0 Å². The van der Waals surface area contributed by atoms with Crippen LogP contribution in [0.2, 0.25) is 0 Å². The zero-order valence-corrected chi connectivity index (χ0v) is 12.8. The highest BCUT2D eigenvalue weighted by Crippen LogP contribution is 2.47. The number of amides is 2. The third-order valence-corrected chi connectivity index (χ3v) is 3.96. The molecule has 21 heavy (non-hydrogen) atoms. The summed E-state index contributed by atoms with van der Waals surface area (Å²) >= 11 is 0. The SMILES string of the molecule is CCCNC(=O)C1(C(=O)N(C)CCc2ccncc2)CC1. The van der Waals surface area contributed by atoms with Crippen LogP contribution in [-0.2, 0) is 16.0 Å². The van der Waals surface area contributed by atoms with Crippen molar-refractivity contribution in [2.45, 2.75) is 32.6 Å². The maximum Gasteiger partial charge on any atom is 0.238 e. The van der Waals surface area contributed by atoms with Crippen molar-refractivity contribution in [1.29, 1.82) is 0 Å². The lowest BCUT2D eigenvalue weighted by atomic mass is 10.0. The van der Waals surface area contributed by atoms with E-state index in [0.717, 1.165) is 18.4 Å². The van der Waals surface area contributed by atoms with Crippen LogP contribution in [0.15, 0.2) is 24.5 Å². The average Bonchev–Trinajstić information content (AvgIpc) is 3.32. The maximum atomic E-state index is 12.5. The van der Waals surface area contributed by atoms with Gasteiger partial charge in [-0.15, -0.1) is 0 Å². The van der Waals surface area contributed by atoms with Crippen molar-refractivity contribution in [3.05, 3.63) is 30.1 Å². The molecular weight excluding hydrogens is 266 g/mol. The molecule has 1 heterocycles. The molecule has 0 radical (unpaired) electrons. The Morgan fingerprint density at radius 2 is 2.00 bits per heavy atom. The summed E-state index contributed by atoms with van der Waals surface area (Å²) in [6.45, 7) is 3.25. The average molecular weight is 289 g/mol. The van der Waals surface area contributed by atoms with Crippen molar-refractivity contribution in [2.24, 2.45) is 5.41 Å². The van der Waals surface area contributed by atoms with Gasteiger partial charge in [0.25, 0.3) is 0 Å². The molecule has 0 spiro atoms. The monoisotopic (exact) mass is 289 g/mol. The Morgan fingerprint density at radius 3 is 2.57 bits per heavy atom. The molecule has 1 aromatic heterocycles. The summed E-state index contributed by atoms with van der Waals surface area (Å²) in [6, 6.07) is 3.89. The molecule has 1 aliphatic carbocycles. The number of aromatic nitrogens is 1. The van der Waals surface area contributed by atoms with Crippen LogP contribution >= 0.6 is 0 Å². The highest BCUT2D eigenvalue weighted by Gasteiger charge is 2.57. The van der Waals surface area contributed by atoms with E-state index in [0.29, 0.717) is 25.9 Å². The normalized spacial score (nSPS) is 15.3. The number of hydrogen-bond donors (Lipinski definition) is 1. The lowest BCUT2D eigenvalue weighted by molar-refractivity contribution is -0.143. The molecule has 0 aromatic carbocycles. The zero-order chi connectivity index (χ0) is 15.3. The first-order valence-corrected chi connectivity index (χ1v) is 7.53. The van der Waals surface area contributed by atoms with Gasteiger partial charge in [-0.05, 0) is 43.4 Å². The van der Waals surface area contributed by atoms with Crippen molar-refractivity contribution in [3.8, 4) is 0 Å². The van der Waals surface area contributed by atoms with E-state index in [9.17, 15) is 9.59 Å². The Kier molecular flexibility index (Phi) is 4.94. The first-order valence-electron chi connectivity index (χ1n) is 7.53. The summed E-state index contributed by atoms with van der Waals surface area (Å²) < 4.78 is 0. The molecule has 1 saturated carbocycles. The zero-order valence-electron chi connectivity index (χ0n) is 12.8. The van der Waals surface area contributed by atoms with Crippen molar-refractivity contribution in [3.63, 3.8) is 0 Å². The lowest BCUT2D eigenvalue weighted by Gasteiger charge is -2.23. The van der Waals surface area contributed by atoms with Gasteiger partial charge >= 0.3 is 0 Å². The molecule has 1 aliphatic rings. The Hall–Kier alpha value is -1.91. The fraction of sp³-hybridized carbons (Fsp3) is 0.562. The molecule has 0 bridgehead atoms. The topological polar surface area (TPSA) is 62.3 Å². The second-order valence-corrected chi connectivity index (χ2v) is 5.67. The summed E-state index contributed by atoms with van der Waals surface area (Å²) in [5.74, 6) is -0.157. The van der Waals surface area contributed by atoms with E-state index in [4.69, 9.17) is 0 Å². The Labute approximate surface area is 125 Å². The molecule has 2 amide bonds. The number of hydrogen-bond acceptors (Lipinski definition) is 3. The molecule has 0 atom stereocenters. The van der Waals surface area contributed by atoms with Gasteiger partial charge in [0, 0.05) is 32.5 Å². The van der Waals surface area contributed by atoms with Crippen LogP contribution in [0.25, 0.3) is 0 Å². The first-order chi connectivity index (χ1) is 10.1. The number of pyridine rings is 1. The quantitative estimate of drug-likeness (QED) is 0.772. The number of likely N-dealkylation sites (N-methyl/N-ethyl adjacent to an activating group) is 1. The van der Waals surface area contributed by atoms with Gasteiger partial charge in [-0.1, -0.05) is 6.92 Å². The van der Waals surface area contributed by atoms with E-state index in [2.05, 4.69) is 10.3 Å². The number of carbonyl (C=O) groups excluding carboxylic acids is 2. The van der Waals surface area contributed by atoms with Gasteiger partial charge in [0.1, 0.15) is 5.41 Å². The summed E-state index contributed by atoms with van der Waals surface area (Å²) in [5, 5.41) is 2.85. The molecule has 5 nitrogen and oxygen atoms in total. The van der Waals surface area contributed by atoms with Gasteiger partial charge in [0.2, 0.25) is 11.8 Å². The smallest absolute Gasteiger partial charge is 0.238 e. The Bertz CT molecular complexity index is 498. The second-order valence-electron chi connectivity index (χ2n) is 5.67. The van der Waals surface area contributed by atoms with E-state index < -0.39 is 5.41 Å². The third kappa shape index (κ3) is 3.60. The predicted molar refractivity (Wildman–Crippen MR) is 80.5 cm³/mol. The van der Waals surface area contributed by atoms with Crippen LogP contribution in [0.1, 0.15) is 31.7 Å².